The lowest BCUT2D eigenvalue weighted by atomic mass is 10.1. The first-order valence-electron chi connectivity index (χ1n) is 10.8. The topological polar surface area (TPSA) is 91.8 Å². The number of nitrogens with one attached hydrogen (secondary N) is 1. The van der Waals surface area contributed by atoms with Crippen molar-refractivity contribution in [1.29, 1.82) is 0 Å². The molecule has 1 aromatic heterocycles. The van der Waals surface area contributed by atoms with Gasteiger partial charge in [-0.2, -0.15) is 0 Å². The number of rotatable bonds is 8. The summed E-state index contributed by atoms with van der Waals surface area (Å²) in [6, 6.07) is 13.8. The van der Waals surface area contributed by atoms with E-state index in [1.54, 1.807) is 48.8 Å². The van der Waals surface area contributed by atoms with Gasteiger partial charge in [0.15, 0.2) is 0 Å². The minimum atomic E-state index is -1.03. The molecule has 4 rings (SSSR count). The molecule has 0 bridgehead atoms. The molecule has 1 saturated heterocycles. The van der Waals surface area contributed by atoms with Crippen molar-refractivity contribution in [3.05, 3.63) is 84.4 Å². The Morgan fingerprint density at radius 2 is 1.82 bits per heavy atom. The normalized spacial score (nSPS) is 15.5. The molecule has 1 aliphatic heterocycles. The van der Waals surface area contributed by atoms with E-state index in [0.29, 0.717) is 23.6 Å². The molecule has 9 heteroatoms. The molecule has 1 N–H and O–H groups in total. The molecule has 1 fully saturated rings. The Bertz CT molecular complexity index is 1170. The Morgan fingerprint density at radius 1 is 1.09 bits per heavy atom. The molecule has 1 unspecified atom stereocenters. The lowest BCUT2D eigenvalue weighted by Crippen LogP contribution is -2.37. The Labute approximate surface area is 196 Å². The van der Waals surface area contributed by atoms with Crippen LogP contribution in [0.3, 0.4) is 0 Å². The highest BCUT2D eigenvalue weighted by atomic mass is 19.1. The quantitative estimate of drug-likeness (QED) is 0.511. The third-order valence-electron chi connectivity index (χ3n) is 5.31. The molecule has 8 nitrogen and oxygen atoms in total. The molecule has 0 radical (unpaired) electrons. The minimum absolute atomic E-state index is 0.0944. The van der Waals surface area contributed by atoms with Crippen molar-refractivity contribution in [3.8, 4) is 5.75 Å². The zero-order chi connectivity index (χ0) is 24.1. The average Bonchev–Trinajstić information content (AvgIpc) is 3.06. The van der Waals surface area contributed by atoms with Crippen LogP contribution in [0, 0.1) is 5.82 Å². The van der Waals surface area contributed by atoms with Crippen molar-refractivity contribution >= 4 is 29.2 Å². The van der Waals surface area contributed by atoms with Gasteiger partial charge >= 0.3 is 6.03 Å². The van der Waals surface area contributed by atoms with Gasteiger partial charge < -0.3 is 15.0 Å². The SMILES string of the molecule is CCOc1ccc(NC(=O)CC2C(=O)N(c3ccc(F)cc3)C(=O)N2Cc2cccnc2)cc1. The van der Waals surface area contributed by atoms with Gasteiger partial charge in [-0.3, -0.25) is 14.6 Å². The van der Waals surface area contributed by atoms with Crippen LogP contribution in [0.5, 0.6) is 5.75 Å². The molecule has 1 atom stereocenters. The minimum Gasteiger partial charge on any atom is -0.494 e. The number of nitrogens with zero attached hydrogens (tertiary/aromatic N) is 3. The van der Waals surface area contributed by atoms with Crippen molar-refractivity contribution in [2.24, 2.45) is 0 Å². The van der Waals surface area contributed by atoms with E-state index >= 15 is 0 Å². The van der Waals surface area contributed by atoms with Crippen LogP contribution in [0.1, 0.15) is 18.9 Å². The van der Waals surface area contributed by atoms with Gasteiger partial charge in [-0.15, -0.1) is 0 Å². The van der Waals surface area contributed by atoms with Crippen LogP contribution < -0.4 is 15.0 Å². The van der Waals surface area contributed by atoms with Gasteiger partial charge in [-0.25, -0.2) is 14.1 Å². The standard InChI is InChI=1S/C25H23FN4O4/c1-2-34-21-11-7-19(8-12-21)28-23(31)14-22-24(32)30(20-9-5-18(26)6-10-20)25(33)29(22)16-17-4-3-13-27-15-17/h3-13,15,22H,2,14,16H2,1H3,(H,28,31). The van der Waals surface area contributed by atoms with Crippen LogP contribution in [0.25, 0.3) is 0 Å². The zero-order valence-electron chi connectivity index (χ0n) is 18.5. The predicted molar refractivity (Wildman–Crippen MR) is 124 cm³/mol. The molecular formula is C25H23FN4O4. The largest absolute Gasteiger partial charge is 0.494 e. The Kier molecular flexibility index (Phi) is 6.82. The number of halogens is 1. The second kappa shape index (κ2) is 10.1. The molecule has 2 heterocycles. The molecule has 174 valence electrons. The summed E-state index contributed by atoms with van der Waals surface area (Å²) in [5.74, 6) is -0.786. The van der Waals surface area contributed by atoms with Gasteiger partial charge in [-0.05, 0) is 67.1 Å². The molecular weight excluding hydrogens is 439 g/mol. The summed E-state index contributed by atoms with van der Waals surface area (Å²) in [7, 11) is 0. The summed E-state index contributed by atoms with van der Waals surface area (Å²) in [5.41, 5.74) is 1.49. The van der Waals surface area contributed by atoms with Crippen molar-refractivity contribution in [3.63, 3.8) is 0 Å². The first-order chi connectivity index (χ1) is 16.5. The van der Waals surface area contributed by atoms with Gasteiger partial charge in [-0.1, -0.05) is 6.07 Å². The highest BCUT2D eigenvalue weighted by Gasteiger charge is 2.46. The first kappa shape index (κ1) is 22.9. The van der Waals surface area contributed by atoms with Crippen molar-refractivity contribution in [1.82, 2.24) is 9.88 Å². The van der Waals surface area contributed by atoms with Gasteiger partial charge in [0.2, 0.25) is 5.91 Å². The van der Waals surface area contributed by atoms with Gasteiger partial charge in [0.1, 0.15) is 17.6 Å². The molecule has 0 saturated carbocycles. The number of hydrogen-bond acceptors (Lipinski definition) is 5. The number of carbonyl (C=O) groups excluding carboxylic acids is 3. The van der Waals surface area contributed by atoms with E-state index in [9.17, 15) is 18.8 Å². The number of ether oxygens (including phenoxy) is 1. The number of aromatic nitrogens is 1. The third kappa shape index (κ3) is 5.03. The van der Waals surface area contributed by atoms with E-state index in [0.717, 1.165) is 4.90 Å². The van der Waals surface area contributed by atoms with Gasteiger partial charge in [0, 0.05) is 24.6 Å². The fourth-order valence-corrected chi connectivity index (χ4v) is 3.72. The summed E-state index contributed by atoms with van der Waals surface area (Å²) in [5, 5.41) is 2.75. The second-order valence-electron chi connectivity index (χ2n) is 7.65. The number of anilines is 2. The van der Waals surface area contributed by atoms with Crippen LogP contribution in [-0.2, 0) is 16.1 Å². The number of carbonyl (C=O) groups is 3. The number of benzene rings is 2. The van der Waals surface area contributed by atoms with E-state index in [1.165, 1.54) is 29.2 Å². The number of urea groups is 1. The number of pyridine rings is 1. The Hall–Kier alpha value is -4.27. The fourth-order valence-electron chi connectivity index (χ4n) is 3.72. The van der Waals surface area contributed by atoms with Crippen LogP contribution >= 0.6 is 0 Å². The molecule has 4 amide bonds. The predicted octanol–water partition coefficient (Wildman–Crippen LogP) is 3.99. The van der Waals surface area contributed by atoms with Crippen LogP contribution in [-0.4, -0.2) is 40.4 Å². The highest BCUT2D eigenvalue weighted by molar-refractivity contribution is 6.22. The fraction of sp³-hybridized carbons (Fsp3) is 0.200. The molecule has 2 aromatic carbocycles. The average molecular weight is 462 g/mol. The maximum atomic E-state index is 13.4. The van der Waals surface area contributed by atoms with Crippen molar-refractivity contribution < 1.29 is 23.5 Å². The van der Waals surface area contributed by atoms with Crippen LogP contribution in [0.15, 0.2) is 73.1 Å². The van der Waals surface area contributed by atoms with E-state index in [1.807, 2.05) is 6.92 Å². The van der Waals surface area contributed by atoms with Crippen molar-refractivity contribution in [2.45, 2.75) is 25.9 Å². The zero-order valence-corrected chi connectivity index (χ0v) is 18.5. The maximum Gasteiger partial charge on any atom is 0.332 e. The first-order valence-corrected chi connectivity index (χ1v) is 10.8. The molecule has 34 heavy (non-hydrogen) atoms. The Morgan fingerprint density at radius 3 is 2.47 bits per heavy atom. The number of imide groups is 1. The van der Waals surface area contributed by atoms with Crippen LogP contribution in [0.4, 0.5) is 20.6 Å². The summed E-state index contributed by atoms with van der Waals surface area (Å²) in [6.07, 6.45) is 2.96. The summed E-state index contributed by atoms with van der Waals surface area (Å²) >= 11 is 0. The number of amides is 4. The van der Waals surface area contributed by atoms with E-state index < -0.39 is 29.7 Å². The van der Waals surface area contributed by atoms with E-state index in [4.69, 9.17) is 4.74 Å². The third-order valence-corrected chi connectivity index (χ3v) is 5.31. The second-order valence-corrected chi connectivity index (χ2v) is 7.65. The van der Waals surface area contributed by atoms with Gasteiger partial charge in [0.05, 0.1) is 18.7 Å². The monoisotopic (exact) mass is 462 g/mol. The molecule has 1 aliphatic rings. The Balaban J connectivity index is 1.55. The van der Waals surface area contributed by atoms with Gasteiger partial charge in [0.25, 0.3) is 5.91 Å². The van der Waals surface area contributed by atoms with Crippen molar-refractivity contribution in [2.75, 3.05) is 16.8 Å². The highest BCUT2D eigenvalue weighted by Crippen LogP contribution is 2.29. The summed E-state index contributed by atoms with van der Waals surface area (Å²) in [6.45, 7) is 2.50. The lowest BCUT2D eigenvalue weighted by Gasteiger charge is -2.21. The van der Waals surface area contributed by atoms with Crippen LogP contribution in [0.2, 0.25) is 0 Å². The summed E-state index contributed by atoms with van der Waals surface area (Å²) in [4.78, 5) is 45.7. The maximum absolute atomic E-state index is 13.4. The van der Waals surface area contributed by atoms with E-state index in [2.05, 4.69) is 10.3 Å². The molecule has 0 aliphatic carbocycles. The van der Waals surface area contributed by atoms with E-state index in [-0.39, 0.29) is 18.7 Å². The molecule has 3 aromatic rings. The number of hydrogen-bond donors (Lipinski definition) is 1. The summed E-state index contributed by atoms with van der Waals surface area (Å²) < 4.78 is 18.8. The molecule has 0 spiro atoms. The lowest BCUT2D eigenvalue weighted by molar-refractivity contribution is -0.124. The smallest absolute Gasteiger partial charge is 0.332 e.